The Labute approximate surface area is 117 Å². The molecule has 0 saturated heterocycles. The summed E-state index contributed by atoms with van der Waals surface area (Å²) < 4.78 is 26.3. The van der Waals surface area contributed by atoms with E-state index in [0.717, 1.165) is 36.2 Å². The van der Waals surface area contributed by atoms with Crippen molar-refractivity contribution in [2.45, 2.75) is 32.4 Å². The zero-order valence-corrected chi connectivity index (χ0v) is 11.4. The summed E-state index contributed by atoms with van der Waals surface area (Å²) >= 11 is 0. The van der Waals surface area contributed by atoms with Crippen LogP contribution in [-0.2, 0) is 13.0 Å². The van der Waals surface area contributed by atoms with Gasteiger partial charge in [0.25, 0.3) is 0 Å². The van der Waals surface area contributed by atoms with Crippen molar-refractivity contribution in [1.29, 1.82) is 0 Å². The fourth-order valence-corrected chi connectivity index (χ4v) is 2.82. The van der Waals surface area contributed by atoms with Crippen LogP contribution in [0.2, 0.25) is 0 Å². The van der Waals surface area contributed by atoms with Gasteiger partial charge in [0.05, 0.1) is 0 Å². The second-order valence-electron chi connectivity index (χ2n) is 5.42. The van der Waals surface area contributed by atoms with Gasteiger partial charge in [-0.1, -0.05) is 12.1 Å². The average Bonchev–Trinajstić information content (AvgIpc) is 2.44. The van der Waals surface area contributed by atoms with Crippen molar-refractivity contribution >= 4 is 5.69 Å². The van der Waals surface area contributed by atoms with Gasteiger partial charge in [0.1, 0.15) is 11.6 Å². The van der Waals surface area contributed by atoms with Crippen LogP contribution < -0.4 is 4.90 Å². The summed E-state index contributed by atoms with van der Waals surface area (Å²) in [6, 6.07) is 12.0. The fourth-order valence-electron chi connectivity index (χ4n) is 2.82. The summed E-state index contributed by atoms with van der Waals surface area (Å²) in [5, 5.41) is 0. The largest absolute Gasteiger partial charge is 0.364 e. The molecule has 0 spiro atoms. The number of nitrogens with zero attached hydrogens (tertiary/aromatic N) is 1. The zero-order valence-electron chi connectivity index (χ0n) is 11.4. The van der Waals surface area contributed by atoms with Gasteiger partial charge in [0, 0.05) is 18.3 Å². The molecule has 0 bridgehead atoms. The Hall–Kier alpha value is -1.90. The van der Waals surface area contributed by atoms with Gasteiger partial charge < -0.3 is 4.90 Å². The highest BCUT2D eigenvalue weighted by molar-refractivity contribution is 5.56. The van der Waals surface area contributed by atoms with Crippen molar-refractivity contribution in [3.63, 3.8) is 0 Å². The van der Waals surface area contributed by atoms with Crippen LogP contribution in [0.5, 0.6) is 0 Å². The van der Waals surface area contributed by atoms with Gasteiger partial charge >= 0.3 is 0 Å². The van der Waals surface area contributed by atoms with Crippen molar-refractivity contribution < 1.29 is 8.78 Å². The van der Waals surface area contributed by atoms with E-state index >= 15 is 0 Å². The van der Waals surface area contributed by atoms with E-state index in [1.807, 2.05) is 6.07 Å². The molecule has 0 saturated carbocycles. The van der Waals surface area contributed by atoms with Gasteiger partial charge in [-0.15, -0.1) is 0 Å². The van der Waals surface area contributed by atoms with E-state index < -0.39 is 0 Å². The van der Waals surface area contributed by atoms with Gasteiger partial charge in [0.15, 0.2) is 0 Å². The monoisotopic (exact) mass is 273 g/mol. The summed E-state index contributed by atoms with van der Waals surface area (Å²) in [4.78, 5) is 2.27. The average molecular weight is 273 g/mol. The van der Waals surface area contributed by atoms with Crippen LogP contribution in [0, 0.1) is 11.6 Å². The lowest BCUT2D eigenvalue weighted by atomic mass is 9.96. The lowest BCUT2D eigenvalue weighted by molar-refractivity contribution is 0.553. The molecule has 1 heterocycles. The van der Waals surface area contributed by atoms with E-state index in [4.69, 9.17) is 0 Å². The molecule has 0 N–H and O–H groups in total. The molecule has 0 amide bonds. The molecular weight excluding hydrogens is 256 g/mol. The van der Waals surface area contributed by atoms with Crippen LogP contribution in [0.1, 0.15) is 24.5 Å². The van der Waals surface area contributed by atoms with E-state index in [1.165, 1.54) is 18.2 Å². The molecule has 1 aliphatic rings. The Kier molecular flexibility index (Phi) is 3.43. The maximum atomic E-state index is 13.3. The number of halogens is 2. The first-order chi connectivity index (χ1) is 9.63. The van der Waals surface area contributed by atoms with Crippen molar-refractivity contribution in [3.05, 3.63) is 65.2 Å². The number of hydrogen-bond donors (Lipinski definition) is 0. The third kappa shape index (κ3) is 2.53. The Balaban J connectivity index is 1.91. The van der Waals surface area contributed by atoms with Crippen molar-refractivity contribution in [1.82, 2.24) is 0 Å². The third-order valence-electron chi connectivity index (χ3n) is 3.98. The highest BCUT2D eigenvalue weighted by Crippen LogP contribution is 2.32. The smallest absolute Gasteiger partial charge is 0.123 e. The molecule has 0 aliphatic carbocycles. The first-order valence-corrected chi connectivity index (χ1v) is 6.93. The SMILES string of the molecule is CC1CCc2cc(F)ccc2N1Cc1ccc(F)cc1. The summed E-state index contributed by atoms with van der Waals surface area (Å²) in [7, 11) is 0. The Bertz CT molecular complexity index is 607. The third-order valence-corrected chi connectivity index (χ3v) is 3.98. The van der Waals surface area contributed by atoms with E-state index in [2.05, 4.69) is 11.8 Å². The number of rotatable bonds is 2. The van der Waals surface area contributed by atoms with Gasteiger partial charge in [-0.05, 0) is 61.2 Å². The molecule has 0 radical (unpaired) electrons. The van der Waals surface area contributed by atoms with Crippen LogP contribution >= 0.6 is 0 Å². The highest BCUT2D eigenvalue weighted by atomic mass is 19.1. The molecule has 1 unspecified atom stereocenters. The first kappa shape index (κ1) is 13.1. The van der Waals surface area contributed by atoms with E-state index in [0.29, 0.717) is 6.04 Å². The predicted octanol–water partition coefficient (Wildman–Crippen LogP) is 4.31. The number of hydrogen-bond acceptors (Lipinski definition) is 1. The van der Waals surface area contributed by atoms with Crippen LogP contribution in [0.3, 0.4) is 0 Å². The molecule has 2 aromatic rings. The van der Waals surface area contributed by atoms with E-state index in [-0.39, 0.29) is 11.6 Å². The van der Waals surface area contributed by atoms with E-state index in [9.17, 15) is 8.78 Å². The normalized spacial score (nSPS) is 17.9. The number of aryl methyl sites for hydroxylation is 1. The molecule has 3 heteroatoms. The minimum atomic E-state index is -0.220. The van der Waals surface area contributed by atoms with Gasteiger partial charge in [-0.2, -0.15) is 0 Å². The van der Waals surface area contributed by atoms with Crippen molar-refractivity contribution in [3.8, 4) is 0 Å². The molecule has 0 fully saturated rings. The van der Waals surface area contributed by atoms with E-state index in [1.54, 1.807) is 18.2 Å². The highest BCUT2D eigenvalue weighted by Gasteiger charge is 2.23. The van der Waals surface area contributed by atoms with Crippen molar-refractivity contribution in [2.75, 3.05) is 4.90 Å². The van der Waals surface area contributed by atoms with Gasteiger partial charge in [-0.3, -0.25) is 0 Å². The lowest BCUT2D eigenvalue weighted by Gasteiger charge is -2.37. The second kappa shape index (κ2) is 5.23. The molecule has 2 aromatic carbocycles. The summed E-state index contributed by atoms with van der Waals surface area (Å²) in [6.45, 7) is 2.90. The molecule has 1 nitrogen and oxygen atoms in total. The minimum absolute atomic E-state index is 0.181. The zero-order chi connectivity index (χ0) is 14.1. The second-order valence-corrected chi connectivity index (χ2v) is 5.42. The molecule has 0 aromatic heterocycles. The lowest BCUT2D eigenvalue weighted by Crippen LogP contribution is -2.36. The predicted molar refractivity (Wildman–Crippen MR) is 76.8 cm³/mol. The summed E-state index contributed by atoms with van der Waals surface area (Å²) in [5.41, 5.74) is 3.22. The Morgan fingerprint density at radius 3 is 2.50 bits per heavy atom. The van der Waals surface area contributed by atoms with Gasteiger partial charge in [-0.25, -0.2) is 8.78 Å². The minimum Gasteiger partial charge on any atom is -0.364 e. The standard InChI is InChI=1S/C17H17F2N/c1-12-2-5-14-10-16(19)8-9-17(14)20(12)11-13-3-6-15(18)7-4-13/h3-4,6-10,12H,2,5,11H2,1H3. The first-order valence-electron chi connectivity index (χ1n) is 6.93. The topological polar surface area (TPSA) is 3.24 Å². The molecule has 1 atom stereocenters. The molecule has 20 heavy (non-hydrogen) atoms. The molecule has 1 aliphatic heterocycles. The maximum Gasteiger partial charge on any atom is 0.123 e. The number of anilines is 1. The van der Waals surface area contributed by atoms with Crippen LogP contribution in [0.25, 0.3) is 0 Å². The maximum absolute atomic E-state index is 13.3. The van der Waals surface area contributed by atoms with Crippen LogP contribution in [0.15, 0.2) is 42.5 Å². The summed E-state index contributed by atoms with van der Waals surface area (Å²) in [5.74, 6) is -0.400. The number of benzene rings is 2. The summed E-state index contributed by atoms with van der Waals surface area (Å²) in [6.07, 6.45) is 1.92. The van der Waals surface area contributed by atoms with Crippen LogP contribution in [0.4, 0.5) is 14.5 Å². The fraction of sp³-hybridized carbons (Fsp3) is 0.294. The Morgan fingerprint density at radius 2 is 1.75 bits per heavy atom. The molecule has 3 rings (SSSR count). The Morgan fingerprint density at radius 1 is 1.05 bits per heavy atom. The van der Waals surface area contributed by atoms with Crippen molar-refractivity contribution in [2.24, 2.45) is 0 Å². The molecular formula is C17H17F2N. The number of fused-ring (bicyclic) bond motifs is 1. The van der Waals surface area contributed by atoms with Crippen LogP contribution in [-0.4, -0.2) is 6.04 Å². The molecule has 104 valence electrons. The quantitative estimate of drug-likeness (QED) is 0.788. The van der Waals surface area contributed by atoms with Gasteiger partial charge in [0.2, 0.25) is 0 Å².